The summed E-state index contributed by atoms with van der Waals surface area (Å²) < 4.78 is 38.0. The Morgan fingerprint density at radius 3 is 2.64 bits per heavy atom. The van der Waals surface area contributed by atoms with Gasteiger partial charge in [-0.05, 0) is 30.5 Å². The molecule has 0 aliphatic carbocycles. The summed E-state index contributed by atoms with van der Waals surface area (Å²) in [7, 11) is -2.28. The number of amides is 1. The maximum absolute atomic E-state index is 13.0. The van der Waals surface area contributed by atoms with Crippen LogP contribution in [0.1, 0.15) is 18.4 Å². The Morgan fingerprint density at radius 2 is 2.00 bits per heavy atom. The second-order valence-electron chi connectivity index (χ2n) is 6.80. The molecule has 1 aromatic rings. The molecule has 10 heteroatoms. The molecule has 1 unspecified atom stereocenters. The lowest BCUT2D eigenvalue weighted by Gasteiger charge is -2.27. The third-order valence-electron chi connectivity index (χ3n) is 5.14. The molecule has 3 rings (SSSR count). The van der Waals surface area contributed by atoms with Crippen molar-refractivity contribution in [2.75, 3.05) is 46.5 Å². The first-order chi connectivity index (χ1) is 13.0. The molecule has 28 heavy (non-hydrogen) atoms. The normalized spacial score (nSPS) is 20.6. The Kier molecular flexibility index (Phi) is 8.08. The van der Waals surface area contributed by atoms with Gasteiger partial charge < -0.3 is 20.1 Å². The summed E-state index contributed by atoms with van der Waals surface area (Å²) in [4.78, 5) is 14.6. The number of morpholine rings is 1. The molecular weight excluding hydrogens is 406 g/mol. The quantitative estimate of drug-likeness (QED) is 0.706. The molecule has 2 fully saturated rings. The van der Waals surface area contributed by atoms with E-state index in [4.69, 9.17) is 15.2 Å². The molecule has 2 N–H and O–H groups in total. The highest BCUT2D eigenvalue weighted by Crippen LogP contribution is 2.29. The predicted octanol–water partition coefficient (Wildman–Crippen LogP) is 0.630. The second kappa shape index (κ2) is 9.89. The number of ether oxygens (including phenoxy) is 2. The van der Waals surface area contributed by atoms with Gasteiger partial charge in [-0.25, -0.2) is 8.42 Å². The van der Waals surface area contributed by atoms with E-state index in [0.29, 0.717) is 45.0 Å². The van der Waals surface area contributed by atoms with Gasteiger partial charge in [0.05, 0.1) is 26.7 Å². The fourth-order valence-corrected chi connectivity index (χ4v) is 5.26. The van der Waals surface area contributed by atoms with Gasteiger partial charge in [-0.2, -0.15) is 4.31 Å². The van der Waals surface area contributed by atoms with E-state index in [-0.39, 0.29) is 41.4 Å². The Labute approximate surface area is 172 Å². The highest BCUT2D eigenvalue weighted by Gasteiger charge is 2.31. The van der Waals surface area contributed by atoms with Crippen molar-refractivity contribution in [3.8, 4) is 5.75 Å². The fourth-order valence-electron chi connectivity index (χ4n) is 3.64. The lowest BCUT2D eigenvalue weighted by atomic mass is 10.1. The van der Waals surface area contributed by atoms with Gasteiger partial charge in [0.15, 0.2) is 0 Å². The zero-order chi connectivity index (χ0) is 19.4. The number of halogens is 1. The predicted molar refractivity (Wildman–Crippen MR) is 107 cm³/mol. The molecule has 0 saturated carbocycles. The molecule has 0 spiro atoms. The van der Waals surface area contributed by atoms with E-state index in [1.165, 1.54) is 11.4 Å². The Balaban J connectivity index is 0.00000280. The third-order valence-corrected chi connectivity index (χ3v) is 7.06. The highest BCUT2D eigenvalue weighted by atomic mass is 35.5. The van der Waals surface area contributed by atoms with Gasteiger partial charge in [-0.3, -0.25) is 4.79 Å². The topological polar surface area (TPSA) is 102 Å². The lowest BCUT2D eigenvalue weighted by Crippen LogP contribution is -2.41. The first kappa shape index (κ1) is 22.9. The summed E-state index contributed by atoms with van der Waals surface area (Å²) >= 11 is 0. The molecule has 1 aromatic carbocycles. The maximum atomic E-state index is 13.0. The van der Waals surface area contributed by atoms with Crippen molar-refractivity contribution < 1.29 is 22.7 Å². The second-order valence-corrected chi connectivity index (χ2v) is 8.70. The minimum absolute atomic E-state index is 0. The molecule has 158 valence electrons. The summed E-state index contributed by atoms with van der Waals surface area (Å²) in [6.45, 7) is 2.51. The molecule has 0 bridgehead atoms. The van der Waals surface area contributed by atoms with Crippen molar-refractivity contribution in [1.29, 1.82) is 0 Å². The molecule has 2 aliphatic heterocycles. The van der Waals surface area contributed by atoms with Gasteiger partial charge in [0.2, 0.25) is 15.9 Å². The average Bonchev–Trinajstić information content (AvgIpc) is 3.17. The standard InChI is InChI=1S/C18H27N3O5S.ClH/c1-25-16-5-4-14(12-18(22)21-6-2-3-15(21)13-19)11-17(16)27(23,24)20-7-9-26-10-8-20;/h4-5,11,15H,2-3,6-10,12-13,19H2,1H3;1H. The lowest BCUT2D eigenvalue weighted by molar-refractivity contribution is -0.131. The van der Waals surface area contributed by atoms with Crippen LogP contribution in [0, 0.1) is 0 Å². The number of sulfonamides is 1. The van der Waals surface area contributed by atoms with Crippen molar-refractivity contribution in [1.82, 2.24) is 9.21 Å². The SMILES string of the molecule is COc1ccc(CC(=O)N2CCCC2CN)cc1S(=O)(=O)N1CCOCC1.Cl. The van der Waals surface area contributed by atoms with Crippen LogP contribution in [-0.2, 0) is 26.0 Å². The molecule has 0 radical (unpaired) electrons. The van der Waals surface area contributed by atoms with Crippen LogP contribution in [0.15, 0.2) is 23.1 Å². The van der Waals surface area contributed by atoms with E-state index >= 15 is 0 Å². The van der Waals surface area contributed by atoms with Crippen molar-refractivity contribution in [2.24, 2.45) is 5.73 Å². The number of hydrogen-bond acceptors (Lipinski definition) is 6. The Hall–Kier alpha value is -1.39. The Bertz CT molecular complexity index is 783. The molecule has 2 aliphatic rings. The number of carbonyl (C=O) groups is 1. The van der Waals surface area contributed by atoms with Crippen LogP contribution in [0.25, 0.3) is 0 Å². The zero-order valence-corrected chi connectivity index (χ0v) is 17.6. The van der Waals surface area contributed by atoms with Crippen molar-refractivity contribution >= 4 is 28.3 Å². The number of nitrogens with zero attached hydrogens (tertiary/aromatic N) is 2. The Morgan fingerprint density at radius 1 is 1.29 bits per heavy atom. The van der Waals surface area contributed by atoms with Crippen LogP contribution in [0.2, 0.25) is 0 Å². The van der Waals surface area contributed by atoms with Gasteiger partial charge in [0, 0.05) is 32.2 Å². The molecule has 8 nitrogen and oxygen atoms in total. The van der Waals surface area contributed by atoms with Gasteiger partial charge in [0.1, 0.15) is 10.6 Å². The minimum atomic E-state index is -3.71. The largest absolute Gasteiger partial charge is 0.495 e. The average molecular weight is 434 g/mol. The number of nitrogens with two attached hydrogens (primary N) is 1. The highest BCUT2D eigenvalue weighted by molar-refractivity contribution is 7.89. The van der Waals surface area contributed by atoms with Crippen LogP contribution < -0.4 is 10.5 Å². The van der Waals surface area contributed by atoms with Gasteiger partial charge >= 0.3 is 0 Å². The zero-order valence-electron chi connectivity index (χ0n) is 16.0. The summed E-state index contributed by atoms with van der Waals surface area (Å²) in [5.41, 5.74) is 6.40. The van der Waals surface area contributed by atoms with E-state index in [9.17, 15) is 13.2 Å². The maximum Gasteiger partial charge on any atom is 0.246 e. The first-order valence-corrected chi connectivity index (χ1v) is 10.7. The third kappa shape index (κ3) is 4.77. The van der Waals surface area contributed by atoms with E-state index in [1.807, 2.05) is 0 Å². The van der Waals surface area contributed by atoms with Gasteiger partial charge in [-0.1, -0.05) is 6.07 Å². The van der Waals surface area contributed by atoms with Gasteiger partial charge in [-0.15, -0.1) is 12.4 Å². The number of methoxy groups -OCH3 is 1. The number of carbonyl (C=O) groups excluding carboxylic acids is 1. The summed E-state index contributed by atoms with van der Waals surface area (Å²) in [5.74, 6) is 0.251. The first-order valence-electron chi connectivity index (χ1n) is 9.21. The van der Waals surface area contributed by atoms with E-state index < -0.39 is 10.0 Å². The number of rotatable bonds is 6. The van der Waals surface area contributed by atoms with Crippen molar-refractivity contribution in [2.45, 2.75) is 30.2 Å². The van der Waals surface area contributed by atoms with Crippen LogP contribution in [0.3, 0.4) is 0 Å². The number of hydrogen-bond donors (Lipinski definition) is 1. The number of likely N-dealkylation sites (tertiary alicyclic amines) is 1. The summed E-state index contributed by atoms with van der Waals surface area (Å²) in [6.07, 6.45) is 2.01. The smallest absolute Gasteiger partial charge is 0.246 e. The van der Waals surface area contributed by atoms with Crippen LogP contribution in [0.5, 0.6) is 5.75 Å². The monoisotopic (exact) mass is 433 g/mol. The summed E-state index contributed by atoms with van der Waals surface area (Å²) in [5, 5.41) is 0. The molecule has 2 saturated heterocycles. The molecule has 1 amide bonds. The van der Waals surface area contributed by atoms with Crippen molar-refractivity contribution in [3.05, 3.63) is 23.8 Å². The van der Waals surface area contributed by atoms with Crippen LogP contribution in [-0.4, -0.2) is 76.1 Å². The summed E-state index contributed by atoms with van der Waals surface area (Å²) in [6, 6.07) is 4.98. The van der Waals surface area contributed by atoms with Gasteiger partial charge in [0.25, 0.3) is 0 Å². The molecule has 1 atom stereocenters. The van der Waals surface area contributed by atoms with Crippen molar-refractivity contribution in [3.63, 3.8) is 0 Å². The van der Waals surface area contributed by atoms with Crippen LogP contribution in [0.4, 0.5) is 0 Å². The molecule has 0 aromatic heterocycles. The minimum Gasteiger partial charge on any atom is -0.495 e. The molecule has 2 heterocycles. The number of benzene rings is 1. The van der Waals surface area contributed by atoms with Crippen LogP contribution >= 0.6 is 12.4 Å². The van der Waals surface area contributed by atoms with E-state index in [0.717, 1.165) is 12.8 Å². The molecular formula is C18H28ClN3O5S. The van der Waals surface area contributed by atoms with E-state index in [1.54, 1.807) is 23.1 Å². The van der Waals surface area contributed by atoms with E-state index in [2.05, 4.69) is 0 Å². The fraction of sp³-hybridized carbons (Fsp3) is 0.611.